The van der Waals surface area contributed by atoms with Crippen LogP contribution in [0.1, 0.15) is 115 Å². The summed E-state index contributed by atoms with van der Waals surface area (Å²) in [7, 11) is 0. The van der Waals surface area contributed by atoms with Gasteiger partial charge in [-0.3, -0.25) is 9.69 Å². The molecule has 3 heteroatoms. The number of carbonyl (C=O) groups excluding carboxylic acids is 1. The highest BCUT2D eigenvalue weighted by molar-refractivity contribution is 7.97. The second-order valence-electron chi connectivity index (χ2n) is 9.62. The molecule has 0 radical (unpaired) electrons. The molecular weight excluding hydrogens is 434 g/mol. The maximum Gasteiger partial charge on any atom is 0.287 e. The largest absolute Gasteiger partial charge is 0.287 e. The fraction of sp³-hybridized carbons (Fsp3) is 0.581. The number of rotatable bonds is 18. The van der Waals surface area contributed by atoms with Gasteiger partial charge in [-0.15, -0.1) is 0 Å². The van der Waals surface area contributed by atoms with E-state index in [0.29, 0.717) is 0 Å². The molecule has 0 bridgehead atoms. The second kappa shape index (κ2) is 17.7. The highest BCUT2D eigenvalue weighted by atomic mass is 32.1. The molecule has 0 fully saturated rings. The topological polar surface area (TPSA) is 20.3 Å². The monoisotopic (exact) mass is 481 g/mol. The number of nitrogens with zero attached hydrogens (tertiary/aromatic N) is 1. The lowest BCUT2D eigenvalue weighted by atomic mass is 10.0. The second-order valence-corrected chi connectivity index (χ2v) is 10.0. The van der Waals surface area contributed by atoms with Crippen LogP contribution in [0, 0.1) is 0 Å². The van der Waals surface area contributed by atoms with Crippen molar-refractivity contribution in [3.05, 3.63) is 59.7 Å². The minimum absolute atomic E-state index is 0.209. The van der Waals surface area contributed by atoms with Gasteiger partial charge in [0.1, 0.15) is 0 Å². The van der Waals surface area contributed by atoms with E-state index in [9.17, 15) is 4.79 Å². The van der Waals surface area contributed by atoms with Crippen molar-refractivity contribution in [3.63, 3.8) is 0 Å². The number of benzene rings is 2. The first-order valence-corrected chi connectivity index (χ1v) is 14.3. The van der Waals surface area contributed by atoms with E-state index in [-0.39, 0.29) is 5.24 Å². The van der Waals surface area contributed by atoms with Gasteiger partial charge in [0.15, 0.2) is 0 Å². The van der Waals surface area contributed by atoms with E-state index in [0.717, 1.165) is 37.1 Å². The van der Waals surface area contributed by atoms with E-state index >= 15 is 0 Å². The summed E-state index contributed by atoms with van der Waals surface area (Å²) in [6, 6.07) is 16.8. The molecule has 0 N–H and O–H groups in total. The van der Waals surface area contributed by atoms with E-state index < -0.39 is 0 Å². The van der Waals surface area contributed by atoms with Crippen LogP contribution in [0.15, 0.2) is 48.5 Å². The number of carbonyl (C=O) groups is 1. The molecule has 34 heavy (non-hydrogen) atoms. The summed E-state index contributed by atoms with van der Waals surface area (Å²) in [5, 5.41) is -0.209. The minimum atomic E-state index is -0.209. The Hall–Kier alpha value is -1.74. The number of amides is 1. The van der Waals surface area contributed by atoms with Crippen LogP contribution in [0.3, 0.4) is 0 Å². The van der Waals surface area contributed by atoms with Crippen LogP contribution in [0.5, 0.6) is 0 Å². The van der Waals surface area contributed by atoms with Crippen molar-refractivity contribution in [2.75, 3.05) is 4.90 Å². The average molecular weight is 482 g/mol. The molecule has 0 aromatic heterocycles. The maximum atomic E-state index is 12.8. The molecule has 1 amide bonds. The zero-order chi connectivity index (χ0) is 24.4. The third-order valence-corrected chi connectivity index (χ3v) is 6.96. The number of thiol groups is 1. The van der Waals surface area contributed by atoms with Gasteiger partial charge in [-0.05, 0) is 48.9 Å². The summed E-state index contributed by atoms with van der Waals surface area (Å²) in [4.78, 5) is 14.6. The molecule has 0 aliphatic rings. The van der Waals surface area contributed by atoms with Crippen LogP contribution in [-0.2, 0) is 12.8 Å². The van der Waals surface area contributed by atoms with Crippen LogP contribution in [0.4, 0.5) is 16.2 Å². The van der Waals surface area contributed by atoms with Gasteiger partial charge < -0.3 is 0 Å². The summed E-state index contributed by atoms with van der Waals surface area (Å²) in [6.45, 7) is 4.52. The highest BCUT2D eigenvalue weighted by Crippen LogP contribution is 2.34. The molecule has 0 heterocycles. The number of hydrogen-bond donors (Lipinski definition) is 1. The number of aryl methyl sites for hydroxylation is 2. The zero-order valence-corrected chi connectivity index (χ0v) is 22.6. The Morgan fingerprint density at radius 2 is 0.941 bits per heavy atom. The molecule has 0 saturated carbocycles. The summed E-state index contributed by atoms with van der Waals surface area (Å²) in [5.74, 6) is 0. The molecule has 2 nitrogen and oxygen atoms in total. The lowest BCUT2D eigenvalue weighted by Crippen LogP contribution is -2.22. The van der Waals surface area contributed by atoms with Crippen molar-refractivity contribution in [1.29, 1.82) is 0 Å². The number of hydrogen-bond acceptors (Lipinski definition) is 1. The Balaban J connectivity index is 2.04. The Kier molecular flexibility index (Phi) is 14.8. The molecular formula is C31H47NOS. The smallest absolute Gasteiger partial charge is 0.272 e. The van der Waals surface area contributed by atoms with E-state index in [1.165, 1.54) is 88.2 Å². The van der Waals surface area contributed by atoms with Crippen LogP contribution in [0.2, 0.25) is 0 Å². The third kappa shape index (κ3) is 10.3. The van der Waals surface area contributed by atoms with E-state index in [1.807, 2.05) is 17.0 Å². The predicted molar refractivity (Wildman–Crippen MR) is 153 cm³/mol. The Labute approximate surface area is 214 Å². The van der Waals surface area contributed by atoms with Gasteiger partial charge in [0.2, 0.25) is 0 Å². The summed E-state index contributed by atoms with van der Waals surface area (Å²) < 4.78 is 0. The number of unbranched alkanes of at least 4 members (excludes halogenated alkanes) is 12. The lowest BCUT2D eigenvalue weighted by molar-refractivity contribution is 0.267. The molecule has 2 rings (SSSR count). The fourth-order valence-electron chi connectivity index (χ4n) is 4.76. The molecule has 0 aliphatic heterocycles. The molecule has 2 aromatic carbocycles. The molecule has 2 aromatic rings. The summed E-state index contributed by atoms with van der Waals surface area (Å²) in [5.41, 5.74) is 4.45. The Morgan fingerprint density at radius 1 is 0.588 bits per heavy atom. The fourth-order valence-corrected chi connectivity index (χ4v) is 4.98. The van der Waals surface area contributed by atoms with Gasteiger partial charge >= 0.3 is 0 Å². The van der Waals surface area contributed by atoms with Gasteiger partial charge in [0, 0.05) is 0 Å². The van der Waals surface area contributed by atoms with Gasteiger partial charge in [0.05, 0.1) is 11.4 Å². The number of anilines is 2. The zero-order valence-electron chi connectivity index (χ0n) is 21.7. The van der Waals surface area contributed by atoms with Gasteiger partial charge in [0.25, 0.3) is 5.24 Å². The first-order chi connectivity index (χ1) is 16.7. The number of para-hydroxylation sites is 2. The highest BCUT2D eigenvalue weighted by Gasteiger charge is 2.20. The Bertz CT molecular complexity index is 757. The molecule has 0 saturated heterocycles. The van der Waals surface area contributed by atoms with E-state index in [1.54, 1.807) is 0 Å². The van der Waals surface area contributed by atoms with Crippen molar-refractivity contribution in [2.24, 2.45) is 0 Å². The van der Waals surface area contributed by atoms with Gasteiger partial charge in [-0.1, -0.05) is 140 Å². The van der Waals surface area contributed by atoms with Crippen molar-refractivity contribution in [3.8, 4) is 0 Å². The van der Waals surface area contributed by atoms with E-state index in [2.05, 4.69) is 62.9 Å². The van der Waals surface area contributed by atoms with Crippen LogP contribution >= 0.6 is 12.6 Å². The normalized spacial score (nSPS) is 11.0. The van der Waals surface area contributed by atoms with Gasteiger partial charge in [-0.2, -0.15) is 0 Å². The molecule has 0 unspecified atom stereocenters. The maximum absolute atomic E-state index is 12.8. The first kappa shape index (κ1) is 28.5. The SMILES string of the molecule is CCCCCCCCCc1ccccc1N(C(=O)S)c1ccccc1CCCCCCCCC. The lowest BCUT2D eigenvalue weighted by Gasteiger charge is -2.26. The predicted octanol–water partition coefficient (Wildman–Crippen LogP) is 10.5. The van der Waals surface area contributed by atoms with Crippen molar-refractivity contribution in [2.45, 2.75) is 117 Å². The van der Waals surface area contributed by atoms with Crippen LogP contribution < -0.4 is 4.90 Å². The minimum Gasteiger partial charge on any atom is -0.272 e. The van der Waals surface area contributed by atoms with Crippen LogP contribution in [0.25, 0.3) is 0 Å². The first-order valence-electron chi connectivity index (χ1n) is 13.9. The third-order valence-electron chi connectivity index (χ3n) is 6.76. The standard InChI is InChI=1S/C31H47NOS/c1-3-5-7-9-11-13-15-21-27-23-17-19-25-29(27)32(31(33)34)30-26-20-18-24-28(30)22-16-14-12-10-8-6-4-2/h17-20,23-26H,3-16,21-22H2,1-2H3,(H,33,34). The van der Waals surface area contributed by atoms with Crippen LogP contribution in [-0.4, -0.2) is 5.24 Å². The molecule has 188 valence electrons. The quantitative estimate of drug-likeness (QED) is 0.166. The van der Waals surface area contributed by atoms with E-state index in [4.69, 9.17) is 0 Å². The molecule has 0 atom stereocenters. The molecule has 0 aliphatic carbocycles. The van der Waals surface area contributed by atoms with Crippen molar-refractivity contribution in [1.82, 2.24) is 0 Å². The van der Waals surface area contributed by atoms with Crippen molar-refractivity contribution < 1.29 is 4.79 Å². The average Bonchev–Trinajstić information content (AvgIpc) is 2.84. The van der Waals surface area contributed by atoms with Gasteiger partial charge in [-0.25, -0.2) is 0 Å². The Morgan fingerprint density at radius 3 is 1.32 bits per heavy atom. The summed E-state index contributed by atoms with van der Waals surface area (Å²) in [6.07, 6.45) is 20.1. The van der Waals surface area contributed by atoms with Crippen molar-refractivity contribution >= 4 is 29.2 Å². The molecule has 0 spiro atoms. The summed E-state index contributed by atoms with van der Waals surface area (Å²) >= 11 is 4.31.